The van der Waals surface area contributed by atoms with Crippen LogP contribution in [0.1, 0.15) is 28.5 Å². The molecule has 3 amide bonds. The summed E-state index contributed by atoms with van der Waals surface area (Å²) in [4.78, 5) is 32.6. The Kier molecular flexibility index (Phi) is 4.72. The standard InChI is InChI=1S/C15H15N5O2S/c21-14(12-9-16-6-7-17-12)19-20-15(22)18-11-5-8-23-13-4-2-1-3-10(11)13/h1-4,6-7,9,11H,5,8H2,(H,19,21)(H2,18,20,22)/t11-/m1/s1. The quantitative estimate of drug-likeness (QED) is 0.728. The van der Waals surface area contributed by atoms with Gasteiger partial charge < -0.3 is 5.32 Å². The summed E-state index contributed by atoms with van der Waals surface area (Å²) in [5.74, 6) is 0.418. The van der Waals surface area contributed by atoms with Gasteiger partial charge in [-0.1, -0.05) is 18.2 Å². The highest BCUT2D eigenvalue weighted by atomic mass is 32.2. The number of nitrogens with one attached hydrogen (secondary N) is 3. The maximum Gasteiger partial charge on any atom is 0.333 e. The highest BCUT2D eigenvalue weighted by Gasteiger charge is 2.22. The molecule has 7 nitrogen and oxygen atoms in total. The van der Waals surface area contributed by atoms with Gasteiger partial charge in [-0.15, -0.1) is 11.8 Å². The minimum Gasteiger partial charge on any atom is -0.330 e. The summed E-state index contributed by atoms with van der Waals surface area (Å²) < 4.78 is 0. The van der Waals surface area contributed by atoms with Crippen molar-refractivity contribution in [2.45, 2.75) is 17.4 Å². The number of amides is 3. The summed E-state index contributed by atoms with van der Waals surface area (Å²) >= 11 is 1.78. The van der Waals surface area contributed by atoms with Crippen LogP contribution in [0.2, 0.25) is 0 Å². The molecular weight excluding hydrogens is 314 g/mol. The first-order valence-electron chi connectivity index (χ1n) is 7.08. The van der Waals surface area contributed by atoms with Crippen molar-refractivity contribution in [2.24, 2.45) is 0 Å². The molecule has 2 heterocycles. The fraction of sp³-hybridized carbons (Fsp3) is 0.200. The second-order valence-electron chi connectivity index (χ2n) is 4.87. The van der Waals surface area contributed by atoms with Gasteiger partial charge in [-0.2, -0.15) is 0 Å². The van der Waals surface area contributed by atoms with E-state index >= 15 is 0 Å². The molecule has 0 fully saturated rings. The lowest BCUT2D eigenvalue weighted by atomic mass is 10.0. The molecule has 8 heteroatoms. The Morgan fingerprint density at radius 2 is 2.04 bits per heavy atom. The Bertz CT molecular complexity index is 710. The summed E-state index contributed by atoms with van der Waals surface area (Å²) in [5.41, 5.74) is 5.87. The van der Waals surface area contributed by atoms with Crippen LogP contribution in [0, 0.1) is 0 Å². The number of carbonyl (C=O) groups is 2. The Morgan fingerprint density at radius 3 is 2.87 bits per heavy atom. The number of nitrogens with zero attached hydrogens (tertiary/aromatic N) is 2. The molecule has 3 N–H and O–H groups in total. The van der Waals surface area contributed by atoms with Crippen LogP contribution in [-0.4, -0.2) is 27.7 Å². The van der Waals surface area contributed by atoms with Gasteiger partial charge in [0.2, 0.25) is 0 Å². The lowest BCUT2D eigenvalue weighted by Gasteiger charge is -2.25. The molecule has 2 aromatic rings. The van der Waals surface area contributed by atoms with Crippen molar-refractivity contribution in [2.75, 3.05) is 5.75 Å². The molecule has 0 radical (unpaired) electrons. The number of thioether (sulfide) groups is 1. The first-order valence-corrected chi connectivity index (χ1v) is 8.07. The minimum atomic E-state index is -0.521. The number of aromatic nitrogens is 2. The SMILES string of the molecule is O=C(NNC(=O)c1cnccn1)N[C@@H]1CCSc2ccccc21. The molecule has 3 rings (SSSR count). The highest BCUT2D eigenvalue weighted by molar-refractivity contribution is 7.99. The van der Waals surface area contributed by atoms with Crippen molar-refractivity contribution >= 4 is 23.7 Å². The van der Waals surface area contributed by atoms with Crippen LogP contribution < -0.4 is 16.2 Å². The van der Waals surface area contributed by atoms with Crippen molar-refractivity contribution in [1.29, 1.82) is 0 Å². The maximum atomic E-state index is 12.0. The van der Waals surface area contributed by atoms with E-state index in [1.165, 1.54) is 23.5 Å². The first kappa shape index (κ1) is 15.3. The van der Waals surface area contributed by atoms with Crippen molar-refractivity contribution in [3.8, 4) is 0 Å². The number of hydrazine groups is 1. The second-order valence-corrected chi connectivity index (χ2v) is 6.01. The lowest BCUT2D eigenvalue weighted by molar-refractivity contribution is 0.0930. The minimum absolute atomic E-state index is 0.0686. The topological polar surface area (TPSA) is 96.0 Å². The third-order valence-corrected chi connectivity index (χ3v) is 4.47. The predicted molar refractivity (Wildman–Crippen MR) is 85.7 cm³/mol. The number of carbonyl (C=O) groups excluding carboxylic acids is 2. The second kappa shape index (κ2) is 7.10. The smallest absolute Gasteiger partial charge is 0.330 e. The van der Waals surface area contributed by atoms with Crippen molar-refractivity contribution in [3.05, 3.63) is 54.1 Å². The van der Waals surface area contributed by atoms with E-state index in [1.807, 2.05) is 24.3 Å². The molecule has 1 aromatic heterocycles. The zero-order valence-electron chi connectivity index (χ0n) is 12.2. The lowest BCUT2D eigenvalue weighted by Crippen LogP contribution is -2.48. The number of hydrogen-bond donors (Lipinski definition) is 3. The number of fused-ring (bicyclic) bond motifs is 1. The van der Waals surface area contributed by atoms with Gasteiger partial charge >= 0.3 is 6.03 Å². The molecule has 0 unspecified atom stereocenters. The van der Waals surface area contributed by atoms with Crippen LogP contribution in [0.15, 0.2) is 47.8 Å². The van der Waals surface area contributed by atoms with Crippen molar-refractivity contribution < 1.29 is 9.59 Å². The van der Waals surface area contributed by atoms with E-state index in [0.717, 1.165) is 17.7 Å². The molecule has 0 spiro atoms. The van der Waals surface area contributed by atoms with Gasteiger partial charge in [-0.25, -0.2) is 15.2 Å². The highest BCUT2D eigenvalue weighted by Crippen LogP contribution is 2.35. The average molecular weight is 329 g/mol. The monoisotopic (exact) mass is 329 g/mol. The molecule has 1 atom stereocenters. The summed E-state index contributed by atoms with van der Waals surface area (Å²) in [6, 6.07) is 7.45. The third kappa shape index (κ3) is 3.78. The fourth-order valence-corrected chi connectivity index (χ4v) is 3.41. The van der Waals surface area contributed by atoms with E-state index < -0.39 is 11.9 Å². The Labute approximate surface area is 137 Å². The van der Waals surface area contributed by atoms with Crippen LogP contribution in [0.4, 0.5) is 4.79 Å². The number of hydrogen-bond acceptors (Lipinski definition) is 5. The third-order valence-electron chi connectivity index (χ3n) is 3.35. The van der Waals surface area contributed by atoms with Crippen LogP contribution in [0.3, 0.4) is 0 Å². The van der Waals surface area contributed by atoms with E-state index in [1.54, 1.807) is 11.8 Å². The summed E-state index contributed by atoms with van der Waals surface area (Å²) in [5, 5.41) is 2.87. The maximum absolute atomic E-state index is 12.0. The molecule has 118 valence electrons. The van der Waals surface area contributed by atoms with Gasteiger partial charge in [0.05, 0.1) is 12.2 Å². The van der Waals surface area contributed by atoms with Crippen LogP contribution in [0.25, 0.3) is 0 Å². The van der Waals surface area contributed by atoms with Crippen LogP contribution in [0.5, 0.6) is 0 Å². The zero-order chi connectivity index (χ0) is 16.1. The summed E-state index contributed by atoms with van der Waals surface area (Å²) in [7, 11) is 0. The van der Waals surface area contributed by atoms with E-state index in [4.69, 9.17) is 0 Å². The number of rotatable bonds is 2. The van der Waals surface area contributed by atoms with Gasteiger partial charge in [-0.3, -0.25) is 15.2 Å². The van der Waals surface area contributed by atoms with E-state index in [-0.39, 0.29) is 11.7 Å². The van der Waals surface area contributed by atoms with Gasteiger partial charge in [0.15, 0.2) is 0 Å². The molecule has 1 aliphatic heterocycles. The number of urea groups is 1. The molecule has 0 saturated heterocycles. The van der Waals surface area contributed by atoms with E-state index in [0.29, 0.717) is 0 Å². The Morgan fingerprint density at radius 1 is 1.17 bits per heavy atom. The van der Waals surface area contributed by atoms with Crippen molar-refractivity contribution in [3.63, 3.8) is 0 Å². The van der Waals surface area contributed by atoms with Crippen LogP contribution in [-0.2, 0) is 0 Å². The molecule has 0 saturated carbocycles. The zero-order valence-corrected chi connectivity index (χ0v) is 13.0. The van der Waals surface area contributed by atoms with Gasteiger partial charge in [0, 0.05) is 23.0 Å². The predicted octanol–water partition coefficient (Wildman–Crippen LogP) is 1.66. The normalized spacial score (nSPS) is 16.1. The fourth-order valence-electron chi connectivity index (χ4n) is 2.28. The molecule has 1 aliphatic rings. The van der Waals surface area contributed by atoms with Gasteiger partial charge in [0.25, 0.3) is 5.91 Å². The molecule has 1 aromatic carbocycles. The Balaban J connectivity index is 1.55. The average Bonchev–Trinajstić information content (AvgIpc) is 2.61. The first-order chi connectivity index (χ1) is 11.2. The summed E-state index contributed by atoms with van der Waals surface area (Å²) in [6.07, 6.45) is 5.04. The molecule has 23 heavy (non-hydrogen) atoms. The largest absolute Gasteiger partial charge is 0.333 e. The van der Waals surface area contributed by atoms with Crippen LogP contribution >= 0.6 is 11.8 Å². The van der Waals surface area contributed by atoms with Gasteiger partial charge in [-0.05, 0) is 18.1 Å². The van der Waals surface area contributed by atoms with E-state index in [2.05, 4.69) is 26.1 Å². The van der Waals surface area contributed by atoms with Crippen molar-refractivity contribution in [1.82, 2.24) is 26.1 Å². The molecule has 0 aliphatic carbocycles. The van der Waals surface area contributed by atoms with Gasteiger partial charge in [0.1, 0.15) is 5.69 Å². The molecule has 0 bridgehead atoms. The Hall–Kier alpha value is -2.61. The number of benzene rings is 1. The van der Waals surface area contributed by atoms with E-state index in [9.17, 15) is 9.59 Å². The summed E-state index contributed by atoms with van der Waals surface area (Å²) in [6.45, 7) is 0. The molecular formula is C15H15N5O2S.